The van der Waals surface area contributed by atoms with Crippen molar-refractivity contribution in [3.63, 3.8) is 0 Å². The smallest absolute Gasteiger partial charge is 0.337 e. The van der Waals surface area contributed by atoms with E-state index in [9.17, 15) is 14.4 Å². The Morgan fingerprint density at radius 2 is 1.74 bits per heavy atom. The third-order valence-electron chi connectivity index (χ3n) is 5.29. The van der Waals surface area contributed by atoms with Gasteiger partial charge >= 0.3 is 5.97 Å². The van der Waals surface area contributed by atoms with Crippen molar-refractivity contribution < 1.29 is 28.6 Å². The molecule has 1 heterocycles. The van der Waals surface area contributed by atoms with Gasteiger partial charge < -0.3 is 29.4 Å². The number of rotatable bonds is 12. The van der Waals surface area contributed by atoms with Crippen molar-refractivity contribution >= 4 is 41.3 Å². The summed E-state index contributed by atoms with van der Waals surface area (Å²) in [5.41, 5.74) is 1.74. The number of nitrogens with one attached hydrogen (secondary N) is 2. The molecule has 0 aliphatic heterocycles. The highest BCUT2D eigenvalue weighted by Crippen LogP contribution is 2.28. The van der Waals surface area contributed by atoms with E-state index in [0.717, 1.165) is 5.56 Å². The summed E-state index contributed by atoms with van der Waals surface area (Å²) in [6.45, 7) is 2.67. The maximum Gasteiger partial charge on any atom is 0.337 e. The first-order valence-electron chi connectivity index (χ1n) is 11.6. The molecule has 0 bridgehead atoms. The molecule has 2 N–H and O–H groups in total. The van der Waals surface area contributed by atoms with E-state index in [0.29, 0.717) is 40.3 Å². The number of hydrogen-bond acceptors (Lipinski definition) is 9. The normalized spacial score (nSPS) is 10.7. The molecule has 200 valence electrons. The van der Waals surface area contributed by atoms with Crippen LogP contribution >= 0.6 is 11.8 Å². The molecule has 1 aromatic heterocycles. The number of nitrogens with zero attached hydrogens (tertiary/aromatic N) is 3. The fraction of sp³-hybridized carbons (Fsp3) is 0.269. The monoisotopic (exact) mass is 539 g/mol. The minimum absolute atomic E-state index is 0.108. The molecule has 0 spiro atoms. The Bertz CT molecular complexity index is 1310. The van der Waals surface area contributed by atoms with Crippen LogP contribution < -0.4 is 20.1 Å². The van der Waals surface area contributed by atoms with Gasteiger partial charge in [0.25, 0.3) is 0 Å². The molecule has 0 aliphatic carbocycles. The number of aromatic nitrogens is 3. The lowest BCUT2D eigenvalue weighted by Crippen LogP contribution is -2.22. The van der Waals surface area contributed by atoms with Crippen LogP contribution in [0.3, 0.4) is 0 Å². The Kier molecular flexibility index (Phi) is 10.3. The molecule has 11 nitrogen and oxygen atoms in total. The predicted octanol–water partition coefficient (Wildman–Crippen LogP) is 3.16. The average Bonchev–Trinajstić information content (AvgIpc) is 3.35. The van der Waals surface area contributed by atoms with Crippen molar-refractivity contribution in [3.8, 4) is 11.5 Å². The first-order chi connectivity index (χ1) is 18.4. The number of benzene rings is 2. The topological polar surface area (TPSA) is 134 Å². The minimum Gasteiger partial charge on any atom is -0.493 e. The lowest BCUT2D eigenvalue weighted by molar-refractivity contribution is -0.116. The van der Waals surface area contributed by atoms with E-state index in [2.05, 4.69) is 25.6 Å². The van der Waals surface area contributed by atoms with Gasteiger partial charge in [-0.3, -0.25) is 9.59 Å². The van der Waals surface area contributed by atoms with Gasteiger partial charge in [-0.1, -0.05) is 17.8 Å². The quantitative estimate of drug-likeness (QED) is 0.202. The zero-order valence-electron chi connectivity index (χ0n) is 21.5. The van der Waals surface area contributed by atoms with E-state index < -0.39 is 5.97 Å². The van der Waals surface area contributed by atoms with E-state index in [4.69, 9.17) is 9.47 Å². The zero-order chi connectivity index (χ0) is 27.5. The number of esters is 1. The van der Waals surface area contributed by atoms with Crippen molar-refractivity contribution in [1.82, 2.24) is 20.1 Å². The highest BCUT2D eigenvalue weighted by atomic mass is 32.2. The molecular weight excluding hydrogens is 510 g/mol. The number of anilines is 1. The second kappa shape index (κ2) is 13.8. The second-order valence-corrected chi connectivity index (χ2v) is 8.66. The van der Waals surface area contributed by atoms with Crippen LogP contribution in [0, 0.1) is 0 Å². The van der Waals surface area contributed by atoms with E-state index >= 15 is 0 Å². The van der Waals surface area contributed by atoms with E-state index in [-0.39, 0.29) is 24.1 Å². The summed E-state index contributed by atoms with van der Waals surface area (Å²) in [5, 5.41) is 14.5. The van der Waals surface area contributed by atoms with Gasteiger partial charge in [-0.25, -0.2) is 4.79 Å². The third kappa shape index (κ3) is 7.59. The average molecular weight is 540 g/mol. The number of ether oxygens (including phenoxy) is 3. The molecule has 0 unspecified atom stereocenters. The van der Waals surface area contributed by atoms with Crippen molar-refractivity contribution in [2.45, 2.75) is 25.2 Å². The largest absolute Gasteiger partial charge is 0.493 e. The van der Waals surface area contributed by atoms with E-state index in [1.54, 1.807) is 56.7 Å². The van der Waals surface area contributed by atoms with Crippen LogP contribution in [-0.2, 0) is 27.4 Å². The second-order valence-electron chi connectivity index (χ2n) is 7.71. The number of hydrogen-bond donors (Lipinski definition) is 2. The van der Waals surface area contributed by atoms with Crippen LogP contribution in [0.1, 0.15) is 28.7 Å². The standard InChI is InChI=1S/C26H29N5O6S/c1-5-31-22(15-27-23(32)13-7-17-6-12-20(35-2)21(14-17)36-3)29-30-26(31)38-16-24(33)28-19-10-8-18(9-11-19)25(34)37-4/h6-14H,5,15-16H2,1-4H3,(H,27,32)(H,28,33). The molecule has 12 heteroatoms. The first-order valence-corrected chi connectivity index (χ1v) is 12.6. The van der Waals surface area contributed by atoms with E-state index in [1.165, 1.54) is 24.9 Å². The summed E-state index contributed by atoms with van der Waals surface area (Å²) in [4.78, 5) is 36.3. The Morgan fingerprint density at radius 1 is 1.00 bits per heavy atom. The van der Waals surface area contributed by atoms with Crippen LogP contribution in [0.15, 0.2) is 53.7 Å². The Balaban J connectivity index is 1.52. The van der Waals surface area contributed by atoms with Gasteiger partial charge in [-0.2, -0.15) is 0 Å². The van der Waals surface area contributed by atoms with Crippen LogP contribution in [-0.4, -0.2) is 59.6 Å². The molecule has 0 fully saturated rings. The maximum atomic E-state index is 12.4. The molecule has 2 amide bonds. The molecule has 38 heavy (non-hydrogen) atoms. The van der Waals surface area contributed by atoms with Gasteiger partial charge in [-0.05, 0) is 55.0 Å². The number of amides is 2. The lowest BCUT2D eigenvalue weighted by atomic mass is 10.2. The first kappa shape index (κ1) is 28.3. The van der Waals surface area contributed by atoms with Gasteiger partial charge in [0.1, 0.15) is 0 Å². The van der Waals surface area contributed by atoms with Crippen LogP contribution in [0.25, 0.3) is 6.08 Å². The molecule has 2 aromatic carbocycles. The molecule has 0 saturated carbocycles. The van der Waals surface area contributed by atoms with Crippen molar-refractivity contribution in [2.75, 3.05) is 32.4 Å². The fourth-order valence-corrected chi connectivity index (χ4v) is 4.18. The highest BCUT2D eigenvalue weighted by Gasteiger charge is 2.14. The van der Waals surface area contributed by atoms with Gasteiger partial charge in [0.2, 0.25) is 11.8 Å². The van der Waals surface area contributed by atoms with Crippen molar-refractivity contribution in [3.05, 3.63) is 65.5 Å². The summed E-state index contributed by atoms with van der Waals surface area (Å²) >= 11 is 1.23. The van der Waals surface area contributed by atoms with Gasteiger partial charge in [0.15, 0.2) is 22.5 Å². The van der Waals surface area contributed by atoms with Crippen molar-refractivity contribution in [1.29, 1.82) is 0 Å². The molecule has 0 saturated heterocycles. The summed E-state index contributed by atoms with van der Waals surface area (Å²) in [7, 11) is 4.42. The summed E-state index contributed by atoms with van der Waals surface area (Å²) in [6, 6.07) is 11.8. The SMILES string of the molecule is CCn1c(CNC(=O)C=Cc2ccc(OC)c(OC)c2)nnc1SCC(=O)Nc1ccc(C(=O)OC)cc1. The number of methoxy groups -OCH3 is 3. The zero-order valence-corrected chi connectivity index (χ0v) is 22.3. The molecule has 0 aliphatic rings. The van der Waals surface area contributed by atoms with Gasteiger partial charge in [-0.15, -0.1) is 10.2 Å². The van der Waals surface area contributed by atoms with Crippen molar-refractivity contribution in [2.24, 2.45) is 0 Å². The Labute approximate surface area is 224 Å². The molecular formula is C26H29N5O6S. The third-order valence-corrected chi connectivity index (χ3v) is 6.25. The van der Waals surface area contributed by atoms with Gasteiger partial charge in [0.05, 0.1) is 39.2 Å². The molecule has 0 radical (unpaired) electrons. The minimum atomic E-state index is -0.446. The van der Waals surface area contributed by atoms with Crippen LogP contribution in [0.4, 0.5) is 5.69 Å². The molecule has 3 aromatic rings. The summed E-state index contributed by atoms with van der Waals surface area (Å²) in [5.74, 6) is 0.880. The molecule has 0 atom stereocenters. The maximum absolute atomic E-state index is 12.4. The Hall–Kier alpha value is -4.32. The van der Waals surface area contributed by atoms with E-state index in [1.807, 2.05) is 17.6 Å². The fourth-order valence-electron chi connectivity index (χ4n) is 3.36. The van der Waals surface area contributed by atoms with Crippen LogP contribution in [0.5, 0.6) is 11.5 Å². The van der Waals surface area contributed by atoms with Gasteiger partial charge in [0, 0.05) is 18.3 Å². The molecule has 3 rings (SSSR count). The summed E-state index contributed by atoms with van der Waals surface area (Å²) in [6.07, 6.45) is 3.09. The van der Waals surface area contributed by atoms with Crippen LogP contribution in [0.2, 0.25) is 0 Å². The number of carbonyl (C=O) groups excluding carboxylic acids is 3. The predicted molar refractivity (Wildman–Crippen MR) is 143 cm³/mol. The Morgan fingerprint density at radius 3 is 2.39 bits per heavy atom. The number of thioether (sulfide) groups is 1. The lowest BCUT2D eigenvalue weighted by Gasteiger charge is -2.09. The number of carbonyl (C=O) groups is 3. The summed E-state index contributed by atoms with van der Waals surface area (Å²) < 4.78 is 17.0. The highest BCUT2D eigenvalue weighted by molar-refractivity contribution is 7.99.